The van der Waals surface area contributed by atoms with Gasteiger partial charge in [-0.1, -0.05) is 13.8 Å². The van der Waals surface area contributed by atoms with Crippen LogP contribution >= 0.6 is 0 Å². The molecule has 0 aromatic rings. The van der Waals surface area contributed by atoms with Crippen LogP contribution in [0.2, 0.25) is 0 Å². The van der Waals surface area contributed by atoms with Crippen LogP contribution in [-0.2, 0) is 9.47 Å². The van der Waals surface area contributed by atoms with Crippen molar-refractivity contribution in [3.8, 4) is 0 Å². The Morgan fingerprint density at radius 2 is 1.81 bits per heavy atom. The van der Waals surface area contributed by atoms with Gasteiger partial charge in [0.05, 0.1) is 0 Å². The molecule has 0 N–H and O–H groups in total. The third-order valence-electron chi connectivity index (χ3n) is 3.44. The molecule has 0 radical (unpaired) electrons. The van der Waals surface area contributed by atoms with Gasteiger partial charge in [0.1, 0.15) is 11.7 Å². The fourth-order valence-corrected chi connectivity index (χ4v) is 1.81. The first-order valence-corrected chi connectivity index (χ1v) is 6.32. The summed E-state index contributed by atoms with van der Waals surface area (Å²) in [6, 6.07) is 0. The zero-order valence-corrected chi connectivity index (χ0v) is 10.9. The molecule has 0 heterocycles. The lowest BCUT2D eigenvalue weighted by Gasteiger charge is -2.28. The first kappa shape index (κ1) is 13.3. The first-order chi connectivity index (χ1) is 7.43. The van der Waals surface area contributed by atoms with Crippen molar-refractivity contribution in [1.82, 2.24) is 0 Å². The highest BCUT2D eigenvalue weighted by Gasteiger charge is 2.26. The van der Waals surface area contributed by atoms with Gasteiger partial charge in [0.25, 0.3) is 0 Å². The Hall–Kier alpha value is -0.730. The number of ether oxygens (including phenoxy) is 2. The molecule has 3 nitrogen and oxygen atoms in total. The molecule has 1 rings (SSSR count). The lowest BCUT2D eigenvalue weighted by Crippen LogP contribution is -2.31. The minimum atomic E-state index is -0.508. The summed E-state index contributed by atoms with van der Waals surface area (Å²) in [6.07, 6.45) is 4.60. The Bertz CT molecular complexity index is 227. The monoisotopic (exact) mass is 228 g/mol. The lowest BCUT2D eigenvalue weighted by atomic mass is 9.89. The molecule has 0 unspecified atom stereocenters. The van der Waals surface area contributed by atoms with Crippen molar-refractivity contribution in [3.63, 3.8) is 0 Å². The standard InChI is InChI=1S/C13H24O3/c1-5-13(3,4)16-12(14)15-11-8-6-10(2)7-9-11/h10-11H,5-9H2,1-4H3. The smallest absolute Gasteiger partial charge is 0.431 e. The van der Waals surface area contributed by atoms with Crippen molar-refractivity contribution in [1.29, 1.82) is 0 Å². The first-order valence-electron chi connectivity index (χ1n) is 6.32. The van der Waals surface area contributed by atoms with Gasteiger partial charge in [0.15, 0.2) is 0 Å². The molecule has 1 fully saturated rings. The van der Waals surface area contributed by atoms with Crippen LogP contribution in [-0.4, -0.2) is 17.9 Å². The molecule has 3 heteroatoms. The summed E-state index contributed by atoms with van der Waals surface area (Å²) in [6.45, 7) is 8.04. The van der Waals surface area contributed by atoms with E-state index >= 15 is 0 Å². The maximum absolute atomic E-state index is 11.5. The zero-order chi connectivity index (χ0) is 12.2. The van der Waals surface area contributed by atoms with E-state index in [4.69, 9.17) is 9.47 Å². The van der Waals surface area contributed by atoms with Gasteiger partial charge in [0, 0.05) is 0 Å². The third kappa shape index (κ3) is 4.42. The van der Waals surface area contributed by atoms with Gasteiger partial charge in [0.2, 0.25) is 0 Å². The Morgan fingerprint density at radius 3 is 2.31 bits per heavy atom. The molecule has 0 aromatic carbocycles. The molecule has 0 saturated heterocycles. The molecule has 16 heavy (non-hydrogen) atoms. The average molecular weight is 228 g/mol. The van der Waals surface area contributed by atoms with Crippen LogP contribution in [0.5, 0.6) is 0 Å². The van der Waals surface area contributed by atoms with E-state index in [2.05, 4.69) is 6.92 Å². The normalized spacial score (nSPS) is 26.2. The van der Waals surface area contributed by atoms with Crippen LogP contribution in [0.3, 0.4) is 0 Å². The van der Waals surface area contributed by atoms with E-state index in [0.717, 1.165) is 38.0 Å². The van der Waals surface area contributed by atoms with Gasteiger partial charge >= 0.3 is 6.16 Å². The highest BCUT2D eigenvalue weighted by atomic mass is 16.7. The van der Waals surface area contributed by atoms with Crippen LogP contribution < -0.4 is 0 Å². The summed E-state index contributed by atoms with van der Waals surface area (Å²) in [5.41, 5.74) is -0.418. The van der Waals surface area contributed by atoms with Gasteiger partial charge < -0.3 is 9.47 Å². The van der Waals surface area contributed by atoms with Crippen molar-refractivity contribution in [2.24, 2.45) is 5.92 Å². The van der Waals surface area contributed by atoms with Gasteiger partial charge in [-0.15, -0.1) is 0 Å². The quantitative estimate of drug-likeness (QED) is 0.687. The van der Waals surface area contributed by atoms with E-state index in [1.54, 1.807) is 0 Å². The molecule has 1 saturated carbocycles. The van der Waals surface area contributed by atoms with E-state index < -0.39 is 11.8 Å². The Labute approximate surface area is 98.5 Å². The van der Waals surface area contributed by atoms with E-state index in [0.29, 0.717) is 0 Å². The minimum absolute atomic E-state index is 0.0661. The summed E-state index contributed by atoms with van der Waals surface area (Å²) in [5, 5.41) is 0. The highest BCUT2D eigenvalue weighted by molar-refractivity contribution is 5.60. The molecular weight excluding hydrogens is 204 g/mol. The summed E-state index contributed by atoms with van der Waals surface area (Å²) in [7, 11) is 0. The molecular formula is C13H24O3. The second-order valence-electron chi connectivity index (χ2n) is 5.47. The van der Waals surface area contributed by atoms with E-state index in [-0.39, 0.29) is 6.10 Å². The van der Waals surface area contributed by atoms with E-state index in [1.165, 1.54) is 0 Å². The van der Waals surface area contributed by atoms with Crippen molar-refractivity contribution in [2.75, 3.05) is 0 Å². The molecule has 94 valence electrons. The van der Waals surface area contributed by atoms with Crippen LogP contribution in [0.25, 0.3) is 0 Å². The van der Waals surface area contributed by atoms with Crippen molar-refractivity contribution in [3.05, 3.63) is 0 Å². The average Bonchev–Trinajstić information content (AvgIpc) is 2.21. The maximum atomic E-state index is 11.5. The molecule has 0 aromatic heterocycles. The fraction of sp³-hybridized carbons (Fsp3) is 0.923. The molecule has 0 aliphatic heterocycles. The summed E-state index contributed by atoms with van der Waals surface area (Å²) in [5.74, 6) is 0.767. The largest absolute Gasteiger partial charge is 0.509 e. The van der Waals surface area contributed by atoms with Crippen LogP contribution in [0.1, 0.15) is 59.8 Å². The second kappa shape index (κ2) is 5.55. The van der Waals surface area contributed by atoms with Crippen molar-refractivity contribution in [2.45, 2.75) is 71.5 Å². The zero-order valence-electron chi connectivity index (χ0n) is 10.9. The number of hydrogen-bond donors (Lipinski definition) is 0. The molecule has 1 aliphatic rings. The molecule has 0 spiro atoms. The van der Waals surface area contributed by atoms with Gasteiger partial charge in [-0.25, -0.2) is 4.79 Å². The highest BCUT2D eigenvalue weighted by Crippen LogP contribution is 2.26. The SMILES string of the molecule is CCC(C)(C)OC(=O)OC1CCC(C)CC1. The number of rotatable bonds is 3. The Balaban J connectivity index is 2.29. The number of carbonyl (C=O) groups excluding carboxylic acids is 1. The second-order valence-corrected chi connectivity index (χ2v) is 5.47. The molecule has 0 bridgehead atoms. The summed E-state index contributed by atoms with van der Waals surface area (Å²) < 4.78 is 10.6. The fourth-order valence-electron chi connectivity index (χ4n) is 1.81. The number of carbonyl (C=O) groups is 1. The number of hydrogen-bond acceptors (Lipinski definition) is 3. The lowest BCUT2D eigenvalue weighted by molar-refractivity contribution is -0.0439. The molecule has 1 aliphatic carbocycles. The van der Waals surface area contributed by atoms with E-state index in [1.807, 2.05) is 20.8 Å². The minimum Gasteiger partial charge on any atom is -0.431 e. The van der Waals surface area contributed by atoms with Crippen LogP contribution in [0.15, 0.2) is 0 Å². The predicted octanol–water partition coefficient (Wildman–Crippen LogP) is 3.91. The topological polar surface area (TPSA) is 35.5 Å². The van der Waals surface area contributed by atoms with Crippen molar-refractivity contribution >= 4 is 6.16 Å². The maximum Gasteiger partial charge on any atom is 0.509 e. The van der Waals surface area contributed by atoms with Crippen LogP contribution in [0.4, 0.5) is 4.79 Å². The Morgan fingerprint density at radius 1 is 1.25 bits per heavy atom. The van der Waals surface area contributed by atoms with Gasteiger partial charge in [-0.3, -0.25) is 0 Å². The Kier molecular flexibility index (Phi) is 4.63. The van der Waals surface area contributed by atoms with Gasteiger partial charge in [-0.05, 0) is 51.9 Å². The molecule has 0 amide bonds. The predicted molar refractivity (Wildman–Crippen MR) is 63.4 cm³/mol. The summed E-state index contributed by atoms with van der Waals surface area (Å²) in [4.78, 5) is 11.5. The van der Waals surface area contributed by atoms with Crippen LogP contribution in [0, 0.1) is 5.92 Å². The summed E-state index contributed by atoms with van der Waals surface area (Å²) >= 11 is 0. The van der Waals surface area contributed by atoms with E-state index in [9.17, 15) is 4.79 Å². The van der Waals surface area contributed by atoms with Crippen molar-refractivity contribution < 1.29 is 14.3 Å². The van der Waals surface area contributed by atoms with Gasteiger partial charge in [-0.2, -0.15) is 0 Å². The molecule has 0 atom stereocenters. The third-order valence-corrected chi connectivity index (χ3v) is 3.44.